The number of nitrogens with zero attached hydrogens (tertiary/aromatic N) is 5. The molecular weight excluding hydrogens is 276 g/mol. The average molecular weight is 287 g/mol. The molecule has 20 heavy (non-hydrogen) atoms. The molecule has 0 spiro atoms. The van der Waals surface area contributed by atoms with Crippen molar-refractivity contribution < 1.29 is 0 Å². The van der Waals surface area contributed by atoms with E-state index in [4.69, 9.17) is 17.3 Å². The third-order valence-corrected chi connectivity index (χ3v) is 3.09. The van der Waals surface area contributed by atoms with Gasteiger partial charge in [0.25, 0.3) is 0 Å². The van der Waals surface area contributed by atoms with Gasteiger partial charge < -0.3 is 5.73 Å². The molecule has 0 aliphatic heterocycles. The fourth-order valence-electron chi connectivity index (χ4n) is 1.74. The Morgan fingerprint density at radius 3 is 2.65 bits per heavy atom. The molecule has 0 aliphatic carbocycles. The summed E-state index contributed by atoms with van der Waals surface area (Å²) in [5.41, 5.74) is 7.08. The van der Waals surface area contributed by atoms with Crippen molar-refractivity contribution in [3.63, 3.8) is 0 Å². The topological polar surface area (TPSA) is 82.5 Å². The lowest BCUT2D eigenvalue weighted by Crippen LogP contribution is -2.07. The minimum Gasteiger partial charge on any atom is -0.325 e. The maximum atomic E-state index is 5.98. The Kier molecular flexibility index (Phi) is 3.41. The summed E-state index contributed by atoms with van der Waals surface area (Å²) in [4.78, 5) is 5.67. The smallest absolute Gasteiger partial charge is 0.205 e. The van der Waals surface area contributed by atoms with E-state index in [1.807, 2.05) is 30.3 Å². The van der Waals surface area contributed by atoms with Crippen LogP contribution in [0.2, 0.25) is 5.02 Å². The van der Waals surface area contributed by atoms with Crippen LogP contribution < -0.4 is 5.73 Å². The largest absolute Gasteiger partial charge is 0.325 e. The first kappa shape index (κ1) is 12.7. The van der Waals surface area contributed by atoms with Gasteiger partial charge in [-0.15, -0.1) is 15.0 Å². The number of pyridine rings is 1. The van der Waals surface area contributed by atoms with Crippen molar-refractivity contribution >= 4 is 11.6 Å². The van der Waals surface area contributed by atoms with Crippen LogP contribution in [-0.2, 0) is 6.54 Å². The summed E-state index contributed by atoms with van der Waals surface area (Å²) in [6.45, 7) is 0.257. The van der Waals surface area contributed by atoms with Crippen LogP contribution >= 0.6 is 11.6 Å². The van der Waals surface area contributed by atoms with Gasteiger partial charge in [-0.1, -0.05) is 41.9 Å². The number of hydrogen-bond donors (Lipinski definition) is 1. The number of aromatic nitrogens is 5. The van der Waals surface area contributed by atoms with E-state index in [-0.39, 0.29) is 6.54 Å². The lowest BCUT2D eigenvalue weighted by Gasteiger charge is -2.02. The molecule has 0 bridgehead atoms. The van der Waals surface area contributed by atoms with Crippen molar-refractivity contribution in [2.45, 2.75) is 6.54 Å². The Morgan fingerprint density at radius 2 is 1.90 bits per heavy atom. The molecule has 2 heterocycles. The number of tetrazole rings is 1. The van der Waals surface area contributed by atoms with Gasteiger partial charge in [-0.3, -0.25) is 0 Å². The van der Waals surface area contributed by atoms with E-state index in [1.165, 1.54) is 4.80 Å². The summed E-state index contributed by atoms with van der Waals surface area (Å²) in [6.07, 6.45) is 0. The molecule has 7 heteroatoms. The molecule has 3 rings (SSSR count). The van der Waals surface area contributed by atoms with Crippen LogP contribution in [0, 0.1) is 0 Å². The van der Waals surface area contributed by atoms with Gasteiger partial charge in [-0.25, -0.2) is 4.98 Å². The monoisotopic (exact) mass is 286 g/mol. The molecule has 0 amide bonds. The zero-order chi connectivity index (χ0) is 13.9. The molecule has 0 atom stereocenters. The highest BCUT2D eigenvalue weighted by atomic mass is 35.5. The number of hydrogen-bond acceptors (Lipinski definition) is 5. The minimum absolute atomic E-state index is 0.257. The van der Waals surface area contributed by atoms with E-state index in [0.717, 1.165) is 5.56 Å². The van der Waals surface area contributed by atoms with Crippen LogP contribution in [0.15, 0.2) is 42.5 Å². The Morgan fingerprint density at radius 1 is 1.10 bits per heavy atom. The third-order valence-electron chi connectivity index (χ3n) is 2.75. The summed E-state index contributed by atoms with van der Waals surface area (Å²) in [5.74, 6) is 1.07. The molecule has 2 aromatic heterocycles. The normalized spacial score (nSPS) is 10.7. The van der Waals surface area contributed by atoms with Gasteiger partial charge in [0, 0.05) is 12.1 Å². The Hall–Kier alpha value is -2.31. The van der Waals surface area contributed by atoms with E-state index < -0.39 is 0 Å². The molecule has 1 aromatic carbocycles. The van der Waals surface area contributed by atoms with Crippen molar-refractivity contribution in [1.29, 1.82) is 0 Å². The molecule has 6 nitrogen and oxygen atoms in total. The SMILES string of the molecule is NCc1nc(-n2nnc(-c3ccccc3)n2)ccc1Cl. The van der Waals surface area contributed by atoms with E-state index >= 15 is 0 Å². The predicted octanol–water partition coefficient (Wildman–Crippen LogP) is 1.84. The zero-order valence-electron chi connectivity index (χ0n) is 10.4. The highest BCUT2D eigenvalue weighted by Gasteiger charge is 2.09. The van der Waals surface area contributed by atoms with Gasteiger partial charge in [0.05, 0.1) is 10.7 Å². The van der Waals surface area contributed by atoms with Gasteiger partial charge in [0.15, 0.2) is 5.82 Å². The number of rotatable bonds is 3. The van der Waals surface area contributed by atoms with Crippen LogP contribution in [0.1, 0.15) is 5.69 Å². The second kappa shape index (κ2) is 5.36. The molecule has 0 saturated heterocycles. The number of halogens is 1. The Balaban J connectivity index is 1.98. The molecule has 0 radical (unpaired) electrons. The first-order valence-electron chi connectivity index (χ1n) is 5.99. The highest BCUT2D eigenvalue weighted by Crippen LogP contribution is 2.16. The standard InChI is InChI=1S/C13H11ClN6/c14-10-6-7-12(16-11(10)8-15)20-18-13(17-19-20)9-4-2-1-3-5-9/h1-7H,8,15H2. The molecule has 0 aliphatic rings. The van der Waals surface area contributed by atoms with Crippen LogP contribution in [-0.4, -0.2) is 25.2 Å². The zero-order valence-corrected chi connectivity index (χ0v) is 11.2. The highest BCUT2D eigenvalue weighted by molar-refractivity contribution is 6.31. The van der Waals surface area contributed by atoms with Crippen LogP contribution in [0.5, 0.6) is 0 Å². The van der Waals surface area contributed by atoms with Gasteiger partial charge in [-0.05, 0) is 17.3 Å². The van der Waals surface area contributed by atoms with E-state index in [9.17, 15) is 0 Å². The second-order valence-corrected chi connectivity index (χ2v) is 4.48. The van der Waals surface area contributed by atoms with Gasteiger partial charge in [-0.2, -0.15) is 0 Å². The lowest BCUT2D eigenvalue weighted by molar-refractivity contribution is 0.695. The van der Waals surface area contributed by atoms with Gasteiger partial charge >= 0.3 is 0 Å². The van der Waals surface area contributed by atoms with Crippen molar-refractivity contribution in [1.82, 2.24) is 25.2 Å². The van der Waals surface area contributed by atoms with E-state index in [0.29, 0.717) is 22.4 Å². The summed E-state index contributed by atoms with van der Waals surface area (Å²) in [7, 11) is 0. The molecule has 3 aromatic rings. The van der Waals surface area contributed by atoms with Crippen LogP contribution in [0.25, 0.3) is 17.2 Å². The Bertz CT molecular complexity index is 725. The van der Waals surface area contributed by atoms with Gasteiger partial charge in [0.2, 0.25) is 5.82 Å². The maximum Gasteiger partial charge on any atom is 0.205 e. The van der Waals surface area contributed by atoms with Crippen LogP contribution in [0.4, 0.5) is 0 Å². The molecular formula is C13H11ClN6. The Labute approximate surface area is 120 Å². The molecule has 100 valence electrons. The van der Waals surface area contributed by atoms with Crippen LogP contribution in [0.3, 0.4) is 0 Å². The quantitative estimate of drug-likeness (QED) is 0.794. The molecule has 2 N–H and O–H groups in total. The lowest BCUT2D eigenvalue weighted by atomic mass is 10.2. The summed E-state index contributed by atoms with van der Waals surface area (Å²) < 4.78 is 0. The first-order chi connectivity index (χ1) is 9.78. The van der Waals surface area contributed by atoms with E-state index in [1.54, 1.807) is 12.1 Å². The molecule has 0 unspecified atom stereocenters. The van der Waals surface area contributed by atoms with Crippen molar-refractivity contribution in [2.24, 2.45) is 5.73 Å². The fourth-order valence-corrected chi connectivity index (χ4v) is 1.92. The third kappa shape index (κ3) is 2.38. The summed E-state index contributed by atoms with van der Waals surface area (Å²) in [5, 5.41) is 12.8. The van der Waals surface area contributed by atoms with Crippen molar-refractivity contribution in [2.75, 3.05) is 0 Å². The number of nitrogens with two attached hydrogens (primary N) is 1. The second-order valence-electron chi connectivity index (χ2n) is 4.07. The minimum atomic E-state index is 0.257. The van der Waals surface area contributed by atoms with E-state index in [2.05, 4.69) is 20.4 Å². The average Bonchev–Trinajstić information content (AvgIpc) is 2.98. The molecule has 0 fully saturated rings. The molecule has 0 saturated carbocycles. The first-order valence-corrected chi connectivity index (χ1v) is 6.37. The number of benzene rings is 1. The van der Waals surface area contributed by atoms with Gasteiger partial charge in [0.1, 0.15) is 0 Å². The van der Waals surface area contributed by atoms with Crippen molar-refractivity contribution in [3.05, 3.63) is 53.2 Å². The summed E-state index contributed by atoms with van der Waals surface area (Å²) >= 11 is 5.98. The fraction of sp³-hybridized carbons (Fsp3) is 0.0769. The predicted molar refractivity (Wildman–Crippen MR) is 75.3 cm³/mol. The summed E-state index contributed by atoms with van der Waals surface area (Å²) in [6, 6.07) is 13.0. The van der Waals surface area contributed by atoms with Crippen molar-refractivity contribution in [3.8, 4) is 17.2 Å². The maximum absolute atomic E-state index is 5.98.